The van der Waals surface area contributed by atoms with Crippen LogP contribution in [0.1, 0.15) is 5.56 Å². The number of aromatic nitrogens is 1. The topological polar surface area (TPSA) is 84.3 Å². The fraction of sp³-hybridized carbons (Fsp3) is 0.0741. The summed E-state index contributed by atoms with van der Waals surface area (Å²) in [5, 5.41) is 13.2. The highest BCUT2D eigenvalue weighted by molar-refractivity contribution is 8.19. The number of amides is 1. The molecule has 1 amide bonds. The number of rotatable bonds is 6. The number of anilines is 1. The zero-order valence-corrected chi connectivity index (χ0v) is 21.0. The van der Waals surface area contributed by atoms with E-state index in [9.17, 15) is 9.90 Å². The Morgan fingerprint density at radius 1 is 0.972 bits per heavy atom. The average Bonchev–Trinajstić information content (AvgIpc) is 3.50. The number of phenolic OH excluding ortho intramolecular Hbond substituents is 1. The molecule has 4 aromatic rings. The molecule has 0 spiro atoms. The molecule has 0 aliphatic carbocycles. The minimum Gasteiger partial charge on any atom is -0.502 e. The van der Waals surface area contributed by atoms with Gasteiger partial charge in [-0.15, -0.1) is 11.3 Å². The highest BCUT2D eigenvalue weighted by Crippen LogP contribution is 2.41. The van der Waals surface area contributed by atoms with Crippen molar-refractivity contribution in [3.05, 3.63) is 88.6 Å². The van der Waals surface area contributed by atoms with E-state index >= 15 is 0 Å². The molecule has 36 heavy (non-hydrogen) atoms. The van der Waals surface area contributed by atoms with Crippen molar-refractivity contribution < 1.29 is 19.4 Å². The van der Waals surface area contributed by atoms with Gasteiger partial charge in [-0.1, -0.05) is 48.5 Å². The number of carbonyl (C=O) groups excluding carboxylic acids is 1. The smallest absolute Gasteiger partial charge is 0.271 e. The maximum atomic E-state index is 13.5. The number of methoxy groups -OCH3 is 2. The van der Waals surface area contributed by atoms with Crippen molar-refractivity contribution in [2.75, 3.05) is 19.1 Å². The summed E-state index contributed by atoms with van der Waals surface area (Å²) in [6, 6.07) is 22.5. The van der Waals surface area contributed by atoms with Gasteiger partial charge in [0.15, 0.2) is 16.7 Å². The standard InChI is InChI=1S/C27H21N3O4S2/c1-33-21-13-17(14-22(34-2)24(21)31)15-23-25(32)30(19-11-7-4-8-12-19)27(36-23)29-26-28-20(16-35-26)18-9-5-3-6-10-18/h3-16,31H,1-2H3/b23-15-,29-27+. The summed E-state index contributed by atoms with van der Waals surface area (Å²) in [5.74, 6) is 0.192. The first-order valence-electron chi connectivity index (χ1n) is 10.9. The Morgan fingerprint density at radius 3 is 2.25 bits per heavy atom. The van der Waals surface area contributed by atoms with Gasteiger partial charge in [0.25, 0.3) is 5.91 Å². The number of nitrogens with zero attached hydrogens (tertiary/aromatic N) is 3. The van der Waals surface area contributed by atoms with Crippen molar-refractivity contribution in [1.82, 2.24) is 4.98 Å². The number of hydrogen-bond acceptors (Lipinski definition) is 8. The van der Waals surface area contributed by atoms with E-state index in [0.717, 1.165) is 11.3 Å². The maximum Gasteiger partial charge on any atom is 0.271 e. The first-order chi connectivity index (χ1) is 17.6. The van der Waals surface area contributed by atoms with Crippen LogP contribution in [-0.4, -0.2) is 35.4 Å². The Hall–Kier alpha value is -4.08. The summed E-state index contributed by atoms with van der Waals surface area (Å²) in [7, 11) is 2.92. The molecule has 180 valence electrons. The van der Waals surface area contributed by atoms with Crippen LogP contribution in [0.3, 0.4) is 0 Å². The highest BCUT2D eigenvalue weighted by atomic mass is 32.2. The molecule has 1 saturated heterocycles. The Labute approximate surface area is 216 Å². The van der Waals surface area contributed by atoms with Gasteiger partial charge in [0, 0.05) is 10.9 Å². The third kappa shape index (κ3) is 4.71. The molecule has 1 fully saturated rings. The van der Waals surface area contributed by atoms with Crippen molar-refractivity contribution in [2.24, 2.45) is 4.99 Å². The fourth-order valence-electron chi connectivity index (χ4n) is 3.64. The Kier molecular flexibility index (Phi) is 6.75. The summed E-state index contributed by atoms with van der Waals surface area (Å²) >= 11 is 2.67. The lowest BCUT2D eigenvalue weighted by Gasteiger charge is -2.15. The molecule has 3 aromatic carbocycles. The molecule has 5 rings (SSSR count). The zero-order chi connectivity index (χ0) is 25.1. The molecule has 7 nitrogen and oxygen atoms in total. The van der Waals surface area contributed by atoms with Gasteiger partial charge in [-0.05, 0) is 47.7 Å². The summed E-state index contributed by atoms with van der Waals surface area (Å²) in [4.78, 5) is 25.0. The van der Waals surface area contributed by atoms with Gasteiger partial charge >= 0.3 is 0 Å². The predicted molar refractivity (Wildman–Crippen MR) is 145 cm³/mol. The molecule has 1 aliphatic rings. The first kappa shape index (κ1) is 23.7. The van der Waals surface area contributed by atoms with Crippen LogP contribution < -0.4 is 14.4 Å². The number of para-hydroxylation sites is 1. The number of benzene rings is 3. The highest BCUT2D eigenvalue weighted by Gasteiger charge is 2.35. The summed E-state index contributed by atoms with van der Waals surface area (Å²) in [6.07, 6.45) is 1.73. The van der Waals surface area contributed by atoms with Crippen LogP contribution in [-0.2, 0) is 4.79 Å². The second kappa shape index (κ2) is 10.3. The van der Waals surface area contributed by atoms with Crippen LogP contribution in [0.2, 0.25) is 0 Å². The summed E-state index contributed by atoms with van der Waals surface area (Å²) < 4.78 is 10.5. The van der Waals surface area contributed by atoms with E-state index < -0.39 is 0 Å². The van der Waals surface area contributed by atoms with Gasteiger partial charge in [-0.2, -0.15) is 4.99 Å². The van der Waals surface area contributed by atoms with Crippen molar-refractivity contribution in [1.29, 1.82) is 0 Å². The first-order valence-corrected chi connectivity index (χ1v) is 12.6. The largest absolute Gasteiger partial charge is 0.502 e. The number of thioether (sulfide) groups is 1. The number of thiazole rings is 1. The van der Waals surface area contributed by atoms with Gasteiger partial charge in [0.1, 0.15) is 0 Å². The summed E-state index contributed by atoms with van der Waals surface area (Å²) in [6.45, 7) is 0. The van der Waals surface area contributed by atoms with E-state index in [1.54, 1.807) is 23.1 Å². The lowest BCUT2D eigenvalue weighted by atomic mass is 10.1. The third-order valence-electron chi connectivity index (χ3n) is 5.37. The van der Waals surface area contributed by atoms with Crippen LogP contribution in [0.4, 0.5) is 10.8 Å². The minimum atomic E-state index is -0.212. The summed E-state index contributed by atoms with van der Waals surface area (Å²) in [5.41, 5.74) is 3.19. The molecule has 0 saturated carbocycles. The van der Waals surface area contributed by atoms with Crippen molar-refractivity contribution in [3.8, 4) is 28.5 Å². The molecule has 1 N–H and O–H groups in total. The van der Waals surface area contributed by atoms with E-state index in [-0.39, 0.29) is 23.2 Å². The quantitative estimate of drug-likeness (QED) is 0.302. The van der Waals surface area contributed by atoms with Gasteiger partial charge < -0.3 is 14.6 Å². The maximum absolute atomic E-state index is 13.5. The molecular weight excluding hydrogens is 494 g/mol. The van der Waals surface area contributed by atoms with E-state index in [1.165, 1.54) is 37.3 Å². The normalized spacial score (nSPS) is 15.6. The van der Waals surface area contributed by atoms with E-state index in [0.29, 0.717) is 26.5 Å². The fourth-order valence-corrected chi connectivity index (χ4v) is 5.38. The molecule has 9 heteroatoms. The monoisotopic (exact) mass is 515 g/mol. The lowest BCUT2D eigenvalue weighted by Crippen LogP contribution is -2.28. The van der Waals surface area contributed by atoms with Crippen LogP contribution >= 0.6 is 23.1 Å². The van der Waals surface area contributed by atoms with Crippen LogP contribution in [0.25, 0.3) is 17.3 Å². The van der Waals surface area contributed by atoms with Gasteiger partial charge in [0.2, 0.25) is 10.9 Å². The van der Waals surface area contributed by atoms with Crippen molar-refractivity contribution >= 4 is 51.1 Å². The Balaban J connectivity index is 1.54. The van der Waals surface area contributed by atoms with E-state index in [1.807, 2.05) is 66.0 Å². The van der Waals surface area contributed by atoms with Crippen LogP contribution in [0, 0.1) is 0 Å². The van der Waals surface area contributed by atoms with Crippen LogP contribution in [0.5, 0.6) is 17.2 Å². The number of phenols is 1. The number of aromatic hydroxyl groups is 1. The zero-order valence-electron chi connectivity index (χ0n) is 19.4. The third-order valence-corrected chi connectivity index (χ3v) is 7.08. The molecule has 1 aliphatic heterocycles. The van der Waals surface area contributed by atoms with E-state index in [2.05, 4.69) is 4.98 Å². The van der Waals surface area contributed by atoms with Gasteiger partial charge in [-0.25, -0.2) is 4.98 Å². The number of ether oxygens (including phenoxy) is 2. The minimum absolute atomic E-state index is 0.0984. The molecule has 0 radical (unpaired) electrons. The average molecular weight is 516 g/mol. The number of amidine groups is 1. The van der Waals surface area contributed by atoms with E-state index in [4.69, 9.17) is 14.5 Å². The number of carbonyl (C=O) groups is 1. The number of aliphatic imine (C=N–C) groups is 1. The van der Waals surface area contributed by atoms with Gasteiger partial charge in [0.05, 0.1) is 30.5 Å². The van der Waals surface area contributed by atoms with Crippen molar-refractivity contribution in [3.63, 3.8) is 0 Å². The van der Waals surface area contributed by atoms with Gasteiger partial charge in [-0.3, -0.25) is 9.69 Å². The Morgan fingerprint density at radius 2 is 1.61 bits per heavy atom. The van der Waals surface area contributed by atoms with Crippen LogP contribution in [0.15, 0.2) is 88.1 Å². The predicted octanol–water partition coefficient (Wildman–Crippen LogP) is 6.34. The second-order valence-electron chi connectivity index (χ2n) is 7.64. The Bertz CT molecular complexity index is 1440. The molecular formula is C27H21N3O4S2. The number of hydrogen-bond donors (Lipinski definition) is 1. The molecule has 2 heterocycles. The van der Waals surface area contributed by atoms with Crippen molar-refractivity contribution in [2.45, 2.75) is 0 Å². The molecule has 0 atom stereocenters. The SMILES string of the molecule is COc1cc(/C=C2\S/C(=N/c3nc(-c4ccccc4)cs3)N(c3ccccc3)C2=O)cc(OC)c1O. The molecule has 1 aromatic heterocycles. The lowest BCUT2D eigenvalue weighted by molar-refractivity contribution is -0.113. The molecule has 0 unspecified atom stereocenters. The second-order valence-corrected chi connectivity index (χ2v) is 9.48. The molecule has 0 bridgehead atoms.